The van der Waals surface area contributed by atoms with Crippen LogP contribution in [0.2, 0.25) is 0 Å². The zero-order valence-corrected chi connectivity index (χ0v) is 15.3. The van der Waals surface area contributed by atoms with E-state index in [1.807, 2.05) is 27.0 Å². The highest BCUT2D eigenvalue weighted by Crippen LogP contribution is 2.18. The topological polar surface area (TPSA) is 83.2 Å². The van der Waals surface area contributed by atoms with Crippen LogP contribution < -0.4 is 5.32 Å². The number of ether oxygens (including phenoxy) is 1. The lowest BCUT2D eigenvalue weighted by molar-refractivity contribution is 0.152. The largest absolute Gasteiger partial charge is 0.383 e. The summed E-state index contributed by atoms with van der Waals surface area (Å²) in [5, 5.41) is 15.7. The summed E-state index contributed by atoms with van der Waals surface area (Å²) in [5.74, 6) is -0.655. The number of aromatic nitrogens is 2. The summed E-state index contributed by atoms with van der Waals surface area (Å²) in [6.07, 6.45) is 0. The maximum absolute atomic E-state index is 14.0. The molecule has 0 unspecified atom stereocenters. The van der Waals surface area contributed by atoms with Crippen LogP contribution in [0.25, 0.3) is 0 Å². The van der Waals surface area contributed by atoms with Gasteiger partial charge in [-0.2, -0.15) is 10.4 Å². The molecule has 1 heterocycles. The summed E-state index contributed by atoms with van der Waals surface area (Å²) in [7, 11) is 3.40. The second-order valence-electron chi connectivity index (χ2n) is 5.92. The van der Waals surface area contributed by atoms with Crippen molar-refractivity contribution in [2.75, 3.05) is 25.6 Å². The van der Waals surface area contributed by atoms with Crippen molar-refractivity contribution >= 4 is 11.7 Å². The normalized spacial score (nSPS) is 10.5. The fraction of sp³-hybridized carbons (Fsp3) is 0.389. The second-order valence-corrected chi connectivity index (χ2v) is 5.92. The molecule has 0 atom stereocenters. The van der Waals surface area contributed by atoms with Crippen LogP contribution in [0.1, 0.15) is 22.5 Å². The quantitative estimate of drug-likeness (QED) is 0.860. The summed E-state index contributed by atoms with van der Waals surface area (Å²) in [5.41, 5.74) is 2.96. The third kappa shape index (κ3) is 4.37. The van der Waals surface area contributed by atoms with Crippen LogP contribution in [0, 0.1) is 31.0 Å². The fourth-order valence-electron chi connectivity index (χ4n) is 2.57. The molecule has 138 valence electrons. The molecule has 0 aliphatic rings. The molecule has 0 saturated carbocycles. The van der Waals surface area contributed by atoms with Crippen molar-refractivity contribution in [3.63, 3.8) is 0 Å². The zero-order valence-electron chi connectivity index (χ0n) is 15.3. The molecule has 2 aromatic rings. The first kappa shape index (κ1) is 19.4. The molecule has 0 spiro atoms. The minimum Gasteiger partial charge on any atom is -0.383 e. The predicted octanol–water partition coefficient (Wildman–Crippen LogP) is 2.73. The summed E-state index contributed by atoms with van der Waals surface area (Å²) >= 11 is 0. The number of carbonyl (C=O) groups excluding carboxylic acids is 1. The van der Waals surface area contributed by atoms with Crippen LogP contribution in [-0.2, 0) is 18.3 Å². The first-order chi connectivity index (χ1) is 12.4. The van der Waals surface area contributed by atoms with Gasteiger partial charge in [-0.05, 0) is 32.0 Å². The number of rotatable bonds is 6. The van der Waals surface area contributed by atoms with Gasteiger partial charge in [0.05, 0.1) is 36.2 Å². The molecule has 26 heavy (non-hydrogen) atoms. The average Bonchev–Trinajstić information content (AvgIpc) is 2.85. The fourth-order valence-corrected chi connectivity index (χ4v) is 2.57. The number of urea groups is 1. The van der Waals surface area contributed by atoms with E-state index in [0.29, 0.717) is 19.7 Å². The van der Waals surface area contributed by atoms with Crippen molar-refractivity contribution in [1.82, 2.24) is 14.7 Å². The maximum atomic E-state index is 14.0. The van der Waals surface area contributed by atoms with Crippen molar-refractivity contribution < 1.29 is 13.9 Å². The molecule has 0 aliphatic carbocycles. The van der Waals surface area contributed by atoms with Crippen LogP contribution in [0.15, 0.2) is 18.2 Å². The highest BCUT2D eigenvalue weighted by Gasteiger charge is 2.19. The zero-order chi connectivity index (χ0) is 19.3. The van der Waals surface area contributed by atoms with Gasteiger partial charge in [-0.3, -0.25) is 4.68 Å². The summed E-state index contributed by atoms with van der Waals surface area (Å²) in [6.45, 7) is 4.84. The molecule has 7 nitrogen and oxygen atoms in total. The van der Waals surface area contributed by atoms with Crippen LogP contribution in [0.5, 0.6) is 0 Å². The predicted molar refractivity (Wildman–Crippen MR) is 95.1 cm³/mol. The van der Waals surface area contributed by atoms with E-state index in [1.165, 1.54) is 17.0 Å². The Kier molecular flexibility index (Phi) is 6.31. The molecule has 8 heteroatoms. The van der Waals surface area contributed by atoms with Crippen LogP contribution in [-0.4, -0.2) is 41.0 Å². The number of aryl methyl sites for hydroxylation is 2. The standard InChI is InChI=1S/C18H22FN5O2/c1-12-15(13(2)23(3)22-12)11-24(7-8-26-4)18(25)21-17-6-5-14(10-20)9-16(17)19/h5-6,9H,7-8,11H2,1-4H3,(H,21,25). The first-order valence-corrected chi connectivity index (χ1v) is 8.11. The highest BCUT2D eigenvalue weighted by molar-refractivity contribution is 5.89. The van der Waals surface area contributed by atoms with Crippen LogP contribution in [0.4, 0.5) is 14.9 Å². The van der Waals surface area contributed by atoms with E-state index in [2.05, 4.69) is 10.4 Å². The van der Waals surface area contributed by atoms with E-state index in [-0.39, 0.29) is 11.3 Å². The van der Waals surface area contributed by atoms with Gasteiger partial charge in [-0.1, -0.05) is 0 Å². The molecule has 0 fully saturated rings. The van der Waals surface area contributed by atoms with E-state index in [9.17, 15) is 9.18 Å². The third-order valence-corrected chi connectivity index (χ3v) is 4.20. The number of hydrogen-bond donors (Lipinski definition) is 1. The van der Waals surface area contributed by atoms with E-state index in [4.69, 9.17) is 10.00 Å². The van der Waals surface area contributed by atoms with Gasteiger partial charge < -0.3 is 15.0 Å². The Morgan fingerprint density at radius 3 is 2.73 bits per heavy atom. The number of benzene rings is 1. The Morgan fingerprint density at radius 2 is 2.19 bits per heavy atom. The van der Waals surface area contributed by atoms with Crippen LogP contribution in [0.3, 0.4) is 0 Å². The Labute approximate surface area is 152 Å². The van der Waals surface area contributed by atoms with Gasteiger partial charge in [-0.25, -0.2) is 9.18 Å². The molecule has 1 N–H and O–H groups in total. The van der Waals surface area contributed by atoms with E-state index in [0.717, 1.165) is 23.0 Å². The lowest BCUT2D eigenvalue weighted by Crippen LogP contribution is -2.37. The van der Waals surface area contributed by atoms with Crippen molar-refractivity contribution in [3.8, 4) is 6.07 Å². The molecular formula is C18H22FN5O2. The van der Waals surface area contributed by atoms with E-state index >= 15 is 0 Å². The van der Waals surface area contributed by atoms with Gasteiger partial charge in [0.1, 0.15) is 5.82 Å². The molecule has 1 aromatic carbocycles. The Bertz CT molecular complexity index is 841. The molecule has 0 bridgehead atoms. The Morgan fingerprint density at radius 1 is 1.46 bits per heavy atom. The molecule has 0 radical (unpaired) electrons. The number of halogens is 1. The molecule has 2 rings (SSSR count). The summed E-state index contributed by atoms with van der Waals surface area (Å²) < 4.78 is 20.9. The van der Waals surface area contributed by atoms with Gasteiger partial charge in [0.2, 0.25) is 0 Å². The highest BCUT2D eigenvalue weighted by atomic mass is 19.1. The molecule has 0 saturated heterocycles. The first-order valence-electron chi connectivity index (χ1n) is 8.11. The number of methoxy groups -OCH3 is 1. The SMILES string of the molecule is COCCN(Cc1c(C)nn(C)c1C)C(=O)Nc1ccc(C#N)cc1F. The minimum absolute atomic E-state index is 0.0241. The van der Waals surface area contributed by atoms with E-state index in [1.54, 1.807) is 11.8 Å². The second kappa shape index (κ2) is 8.45. The Hall–Kier alpha value is -2.92. The van der Waals surface area contributed by atoms with Gasteiger partial charge >= 0.3 is 6.03 Å². The smallest absolute Gasteiger partial charge is 0.322 e. The number of nitrogens with zero attached hydrogens (tertiary/aromatic N) is 4. The number of nitriles is 1. The number of nitrogens with one attached hydrogen (secondary N) is 1. The van der Waals surface area contributed by atoms with Gasteiger partial charge in [0.25, 0.3) is 0 Å². The van der Waals surface area contributed by atoms with E-state index < -0.39 is 11.8 Å². The number of carbonyl (C=O) groups is 1. The lowest BCUT2D eigenvalue weighted by atomic mass is 10.2. The molecular weight excluding hydrogens is 337 g/mol. The average molecular weight is 359 g/mol. The van der Waals surface area contributed by atoms with Gasteiger partial charge in [0, 0.05) is 32.0 Å². The van der Waals surface area contributed by atoms with Crippen molar-refractivity contribution in [2.24, 2.45) is 7.05 Å². The van der Waals surface area contributed by atoms with Crippen LogP contribution >= 0.6 is 0 Å². The third-order valence-electron chi connectivity index (χ3n) is 4.20. The molecule has 1 aromatic heterocycles. The number of anilines is 1. The maximum Gasteiger partial charge on any atom is 0.322 e. The minimum atomic E-state index is -0.655. The Balaban J connectivity index is 2.20. The summed E-state index contributed by atoms with van der Waals surface area (Å²) in [6, 6.07) is 5.32. The lowest BCUT2D eigenvalue weighted by Gasteiger charge is -2.23. The van der Waals surface area contributed by atoms with Crippen molar-refractivity contribution in [3.05, 3.63) is 46.5 Å². The molecule has 2 amide bonds. The van der Waals surface area contributed by atoms with Gasteiger partial charge in [-0.15, -0.1) is 0 Å². The number of amides is 2. The van der Waals surface area contributed by atoms with Crippen molar-refractivity contribution in [1.29, 1.82) is 5.26 Å². The van der Waals surface area contributed by atoms with Crippen molar-refractivity contribution in [2.45, 2.75) is 20.4 Å². The number of hydrogen-bond acceptors (Lipinski definition) is 4. The monoisotopic (exact) mass is 359 g/mol. The summed E-state index contributed by atoms with van der Waals surface area (Å²) in [4.78, 5) is 14.2. The molecule has 0 aliphatic heterocycles. The van der Waals surface area contributed by atoms with Gasteiger partial charge in [0.15, 0.2) is 0 Å².